The zero-order valence-corrected chi connectivity index (χ0v) is 15.0. The molecule has 1 aliphatic heterocycles. The van der Waals surface area contributed by atoms with Crippen LogP contribution in [0.2, 0.25) is 0 Å². The van der Waals surface area contributed by atoms with Gasteiger partial charge in [0.05, 0.1) is 21.7 Å². The van der Waals surface area contributed by atoms with E-state index in [9.17, 15) is 18.5 Å². The van der Waals surface area contributed by atoms with Crippen molar-refractivity contribution in [1.29, 1.82) is 0 Å². The van der Waals surface area contributed by atoms with Gasteiger partial charge in [-0.05, 0) is 25.0 Å². The number of nitro benzene ring substituents is 1. The van der Waals surface area contributed by atoms with Crippen LogP contribution in [0, 0.1) is 10.1 Å². The lowest BCUT2D eigenvalue weighted by Gasteiger charge is -2.34. The third-order valence-corrected chi connectivity index (χ3v) is 5.24. The molecule has 1 fully saturated rings. The minimum absolute atomic E-state index is 0.0111. The Morgan fingerprint density at radius 3 is 2.81 bits per heavy atom. The monoisotopic (exact) mass is 380 g/mol. The molecule has 0 spiro atoms. The number of hydrogen-bond donors (Lipinski definition) is 2. The number of aromatic nitrogens is 2. The lowest BCUT2D eigenvalue weighted by molar-refractivity contribution is -0.384. The fourth-order valence-electron chi connectivity index (χ4n) is 3.08. The smallest absolute Gasteiger partial charge is 0.293 e. The van der Waals surface area contributed by atoms with E-state index in [1.54, 1.807) is 10.9 Å². The molecule has 1 aromatic carbocycles. The largest absolute Gasteiger partial charge is 0.375 e. The van der Waals surface area contributed by atoms with Gasteiger partial charge in [-0.15, -0.1) is 0 Å². The first-order valence-corrected chi connectivity index (χ1v) is 9.60. The average molecular weight is 380 g/mol. The van der Waals surface area contributed by atoms with Gasteiger partial charge in [0.15, 0.2) is 0 Å². The second-order valence-electron chi connectivity index (χ2n) is 6.28. The number of rotatable bonds is 5. The highest BCUT2D eigenvalue weighted by molar-refractivity contribution is 7.89. The van der Waals surface area contributed by atoms with Crippen LogP contribution in [0.25, 0.3) is 0 Å². The molecule has 1 unspecified atom stereocenters. The SMILES string of the molecule is Cn1cc(N2CCCC(Nc3ccc(S(N)(=O)=O)cc3[N+](=O)[O-])C2)cn1. The number of anilines is 2. The quantitative estimate of drug-likeness (QED) is 0.584. The Morgan fingerprint density at radius 1 is 1.42 bits per heavy atom. The zero-order valence-electron chi connectivity index (χ0n) is 14.2. The van der Waals surface area contributed by atoms with Crippen LogP contribution in [0.4, 0.5) is 17.1 Å². The van der Waals surface area contributed by atoms with Gasteiger partial charge in [0.2, 0.25) is 10.0 Å². The second kappa shape index (κ2) is 6.92. The van der Waals surface area contributed by atoms with E-state index in [1.165, 1.54) is 12.1 Å². The van der Waals surface area contributed by atoms with Crippen molar-refractivity contribution in [2.45, 2.75) is 23.8 Å². The van der Waals surface area contributed by atoms with Crippen molar-refractivity contribution in [2.75, 3.05) is 23.3 Å². The molecule has 2 heterocycles. The van der Waals surface area contributed by atoms with Crippen LogP contribution in [0.5, 0.6) is 0 Å². The highest BCUT2D eigenvalue weighted by Gasteiger charge is 2.25. The van der Waals surface area contributed by atoms with Crippen molar-refractivity contribution in [3.8, 4) is 0 Å². The molecule has 3 N–H and O–H groups in total. The zero-order chi connectivity index (χ0) is 18.9. The molecule has 1 saturated heterocycles. The molecule has 10 nitrogen and oxygen atoms in total. The number of benzene rings is 1. The molecule has 2 aromatic rings. The predicted molar refractivity (Wildman–Crippen MR) is 96.5 cm³/mol. The van der Waals surface area contributed by atoms with Crippen LogP contribution >= 0.6 is 0 Å². The number of nitrogens with one attached hydrogen (secondary N) is 1. The highest BCUT2D eigenvalue weighted by Crippen LogP contribution is 2.29. The Morgan fingerprint density at radius 2 is 2.19 bits per heavy atom. The van der Waals surface area contributed by atoms with E-state index in [-0.39, 0.29) is 22.3 Å². The van der Waals surface area contributed by atoms with Crippen molar-refractivity contribution in [1.82, 2.24) is 9.78 Å². The van der Waals surface area contributed by atoms with E-state index in [0.29, 0.717) is 6.54 Å². The van der Waals surface area contributed by atoms with Gasteiger partial charge >= 0.3 is 0 Å². The van der Waals surface area contributed by atoms with Gasteiger partial charge in [-0.1, -0.05) is 0 Å². The van der Waals surface area contributed by atoms with Gasteiger partial charge in [0.25, 0.3) is 5.69 Å². The van der Waals surface area contributed by atoms with Crippen molar-refractivity contribution in [3.63, 3.8) is 0 Å². The van der Waals surface area contributed by atoms with Gasteiger partial charge in [-0.3, -0.25) is 14.8 Å². The number of primary sulfonamides is 1. The second-order valence-corrected chi connectivity index (χ2v) is 7.84. The summed E-state index contributed by atoms with van der Waals surface area (Å²) in [6, 6.07) is 3.63. The summed E-state index contributed by atoms with van der Waals surface area (Å²) in [6.45, 7) is 1.55. The minimum Gasteiger partial charge on any atom is -0.375 e. The number of nitrogens with two attached hydrogens (primary N) is 1. The minimum atomic E-state index is -4.00. The third-order valence-electron chi connectivity index (χ3n) is 4.33. The van der Waals surface area contributed by atoms with Crippen molar-refractivity contribution in [2.24, 2.45) is 12.2 Å². The Bertz CT molecular complexity index is 926. The van der Waals surface area contributed by atoms with Crippen LogP contribution in [-0.4, -0.2) is 42.3 Å². The Labute approximate surface area is 150 Å². The van der Waals surface area contributed by atoms with E-state index < -0.39 is 14.9 Å². The summed E-state index contributed by atoms with van der Waals surface area (Å²) in [7, 11) is -2.15. The fraction of sp³-hybridized carbons (Fsp3) is 0.400. The molecule has 0 amide bonds. The van der Waals surface area contributed by atoms with Crippen molar-refractivity contribution >= 4 is 27.1 Å². The summed E-state index contributed by atoms with van der Waals surface area (Å²) < 4.78 is 24.6. The number of hydrogen-bond acceptors (Lipinski definition) is 7. The molecule has 0 aliphatic carbocycles. The summed E-state index contributed by atoms with van der Waals surface area (Å²) in [5.41, 5.74) is 0.966. The topological polar surface area (TPSA) is 136 Å². The van der Waals surface area contributed by atoms with Crippen LogP contribution in [0.15, 0.2) is 35.5 Å². The summed E-state index contributed by atoms with van der Waals surface area (Å²) in [6.07, 6.45) is 5.48. The molecular weight excluding hydrogens is 360 g/mol. The summed E-state index contributed by atoms with van der Waals surface area (Å²) >= 11 is 0. The van der Waals surface area contributed by atoms with E-state index in [2.05, 4.69) is 15.3 Å². The predicted octanol–water partition coefficient (Wildman–Crippen LogP) is 1.06. The molecule has 1 atom stereocenters. The number of sulfonamides is 1. The number of nitro groups is 1. The van der Waals surface area contributed by atoms with Crippen molar-refractivity contribution < 1.29 is 13.3 Å². The van der Waals surface area contributed by atoms with Crippen LogP contribution in [0.3, 0.4) is 0 Å². The van der Waals surface area contributed by atoms with Crippen LogP contribution < -0.4 is 15.4 Å². The van der Waals surface area contributed by atoms with E-state index >= 15 is 0 Å². The van der Waals surface area contributed by atoms with Gasteiger partial charge < -0.3 is 10.2 Å². The number of piperidine rings is 1. The van der Waals surface area contributed by atoms with Gasteiger partial charge in [-0.25, -0.2) is 13.6 Å². The van der Waals surface area contributed by atoms with Crippen LogP contribution in [0.1, 0.15) is 12.8 Å². The molecular formula is C15H20N6O4S. The molecule has 1 aromatic heterocycles. The molecule has 3 rings (SSSR count). The third kappa shape index (κ3) is 3.94. The molecule has 26 heavy (non-hydrogen) atoms. The standard InChI is InChI=1S/C15H20N6O4S/c1-19-10-12(8-17-19)20-6-2-3-11(9-20)18-14-5-4-13(26(16,24)25)7-15(14)21(22)23/h4-5,7-8,10-11,18H,2-3,6,9H2,1H3,(H2,16,24,25). The molecule has 1 aliphatic rings. The van der Waals surface area contributed by atoms with Crippen molar-refractivity contribution in [3.05, 3.63) is 40.7 Å². The lowest BCUT2D eigenvalue weighted by atomic mass is 10.0. The molecule has 0 saturated carbocycles. The highest BCUT2D eigenvalue weighted by atomic mass is 32.2. The molecule has 140 valence electrons. The van der Waals surface area contributed by atoms with E-state index in [4.69, 9.17) is 5.14 Å². The summed E-state index contributed by atoms with van der Waals surface area (Å²) in [4.78, 5) is 12.6. The average Bonchev–Trinajstić information content (AvgIpc) is 3.01. The van der Waals surface area contributed by atoms with Gasteiger partial charge in [-0.2, -0.15) is 5.10 Å². The Hall–Kier alpha value is -2.66. The maximum Gasteiger partial charge on any atom is 0.293 e. The van der Waals surface area contributed by atoms with Gasteiger partial charge in [0.1, 0.15) is 5.69 Å². The van der Waals surface area contributed by atoms with Crippen LogP contribution in [-0.2, 0) is 17.1 Å². The summed E-state index contributed by atoms with van der Waals surface area (Å²) in [5, 5.41) is 23.7. The molecule has 0 bridgehead atoms. The van der Waals surface area contributed by atoms with Gasteiger partial charge in [0, 0.05) is 38.4 Å². The van der Waals surface area contributed by atoms with E-state index in [1.807, 2.05) is 13.2 Å². The molecule has 0 radical (unpaired) electrons. The Balaban J connectivity index is 1.80. The maximum absolute atomic E-state index is 11.4. The first kappa shape index (κ1) is 18.1. The summed E-state index contributed by atoms with van der Waals surface area (Å²) in [5.74, 6) is 0. The first-order valence-electron chi connectivity index (χ1n) is 8.05. The lowest BCUT2D eigenvalue weighted by Crippen LogP contribution is -2.42. The maximum atomic E-state index is 11.4. The Kier molecular flexibility index (Phi) is 4.83. The molecule has 11 heteroatoms. The number of aryl methyl sites for hydroxylation is 1. The number of nitrogens with zero attached hydrogens (tertiary/aromatic N) is 4. The fourth-order valence-corrected chi connectivity index (χ4v) is 3.62. The first-order chi connectivity index (χ1) is 12.2. The normalized spacial score (nSPS) is 17.9. The van der Waals surface area contributed by atoms with E-state index in [0.717, 1.165) is 31.1 Å².